The maximum absolute atomic E-state index is 14.3. The molecule has 0 fully saturated rings. The van der Waals surface area contributed by atoms with Crippen LogP contribution in [0.25, 0.3) is 0 Å². The molecule has 1 N–H and O–H groups in total. The summed E-state index contributed by atoms with van der Waals surface area (Å²) in [4.78, 5) is 39.5. The smallest absolute Gasteiger partial charge is 0.269 e. The Morgan fingerprint density at radius 3 is 2.05 bits per heavy atom. The van der Waals surface area contributed by atoms with Crippen molar-refractivity contribution in [3.63, 3.8) is 0 Å². The summed E-state index contributed by atoms with van der Waals surface area (Å²) in [5.41, 5.74) is 2.39. The van der Waals surface area contributed by atoms with Gasteiger partial charge in [0.2, 0.25) is 11.8 Å². The van der Waals surface area contributed by atoms with E-state index in [4.69, 9.17) is 0 Å². The number of hydrogen-bond acceptors (Lipinski definition) is 6. The van der Waals surface area contributed by atoms with Gasteiger partial charge < -0.3 is 10.2 Å². The first-order valence-electron chi connectivity index (χ1n) is 13.5. The molecule has 0 spiro atoms. The number of nitro groups is 1. The fourth-order valence-corrected chi connectivity index (χ4v) is 6.15. The Hall–Kier alpha value is -5.03. The van der Waals surface area contributed by atoms with E-state index in [-0.39, 0.29) is 29.2 Å². The van der Waals surface area contributed by atoms with Crippen molar-refractivity contribution in [2.45, 2.75) is 30.8 Å². The van der Waals surface area contributed by atoms with E-state index in [1.54, 1.807) is 18.2 Å². The third-order valence-corrected chi connectivity index (χ3v) is 8.70. The van der Waals surface area contributed by atoms with Gasteiger partial charge in [-0.25, -0.2) is 8.42 Å². The Balaban J connectivity index is 1.79. The van der Waals surface area contributed by atoms with Crippen molar-refractivity contribution < 1.29 is 22.9 Å². The molecule has 1 atom stereocenters. The molecule has 4 aromatic rings. The Morgan fingerprint density at radius 2 is 1.47 bits per heavy atom. The first-order chi connectivity index (χ1) is 20.6. The highest BCUT2D eigenvalue weighted by molar-refractivity contribution is 7.92. The van der Waals surface area contributed by atoms with Crippen LogP contribution in [0.4, 0.5) is 11.4 Å². The average molecular weight is 601 g/mol. The SMILES string of the molecule is CNC(=O)[C@H](Cc1ccccc1)N(Cc1cccc(C)c1)C(=O)CN(c1ccc([N+](=O)[O-])cc1)S(=O)(=O)c1ccccc1. The first kappa shape index (κ1) is 30.9. The second kappa shape index (κ2) is 13.8. The number of hydrogen-bond donors (Lipinski definition) is 1. The topological polar surface area (TPSA) is 130 Å². The number of amides is 2. The zero-order valence-electron chi connectivity index (χ0n) is 23.8. The van der Waals surface area contributed by atoms with Gasteiger partial charge >= 0.3 is 0 Å². The lowest BCUT2D eigenvalue weighted by Crippen LogP contribution is -2.53. The van der Waals surface area contributed by atoms with E-state index in [1.807, 2.05) is 61.5 Å². The number of carbonyl (C=O) groups excluding carboxylic acids is 2. The second-order valence-electron chi connectivity index (χ2n) is 9.93. The lowest BCUT2D eigenvalue weighted by molar-refractivity contribution is -0.384. The molecule has 10 nitrogen and oxygen atoms in total. The summed E-state index contributed by atoms with van der Waals surface area (Å²) < 4.78 is 28.7. The van der Waals surface area contributed by atoms with Crippen LogP contribution in [0, 0.1) is 17.0 Å². The molecule has 222 valence electrons. The van der Waals surface area contributed by atoms with Crippen LogP contribution < -0.4 is 9.62 Å². The molecule has 0 unspecified atom stereocenters. The third-order valence-electron chi connectivity index (χ3n) is 6.91. The lowest BCUT2D eigenvalue weighted by atomic mass is 10.0. The molecule has 4 aromatic carbocycles. The number of anilines is 1. The summed E-state index contributed by atoms with van der Waals surface area (Å²) >= 11 is 0. The van der Waals surface area contributed by atoms with E-state index in [9.17, 15) is 28.1 Å². The molecule has 0 radical (unpaired) electrons. The van der Waals surface area contributed by atoms with Gasteiger partial charge in [-0.1, -0.05) is 78.4 Å². The summed E-state index contributed by atoms with van der Waals surface area (Å²) in [6.45, 7) is 1.31. The standard InChI is InChI=1S/C32H32N4O6S/c1-24-10-9-13-26(20-24)22-34(30(32(38)33-2)21-25-11-5-3-6-12-25)31(37)23-35(27-16-18-28(19-17-27)36(39)40)43(41,42)29-14-7-4-8-15-29/h3-20,30H,21-23H2,1-2H3,(H,33,38)/t30-/m0/s1. The van der Waals surface area contributed by atoms with Crippen molar-refractivity contribution in [1.29, 1.82) is 0 Å². The van der Waals surface area contributed by atoms with Gasteiger partial charge in [-0.3, -0.25) is 24.0 Å². The second-order valence-corrected chi connectivity index (χ2v) is 11.8. The molecule has 11 heteroatoms. The number of rotatable bonds is 12. The molecule has 0 aliphatic heterocycles. The van der Waals surface area contributed by atoms with Gasteiger partial charge in [0.1, 0.15) is 12.6 Å². The molecule has 0 heterocycles. The summed E-state index contributed by atoms with van der Waals surface area (Å²) in [5.74, 6) is -1.03. The van der Waals surface area contributed by atoms with Crippen LogP contribution >= 0.6 is 0 Å². The van der Waals surface area contributed by atoms with Gasteiger partial charge in [0, 0.05) is 32.1 Å². The Bertz CT molecular complexity index is 1680. The van der Waals surface area contributed by atoms with Crippen LogP contribution in [-0.4, -0.2) is 49.7 Å². The fourth-order valence-electron chi connectivity index (χ4n) is 4.72. The predicted octanol–water partition coefficient (Wildman–Crippen LogP) is 4.48. The molecular formula is C32H32N4O6S. The molecule has 0 saturated heterocycles. The molecule has 0 aliphatic carbocycles. The summed E-state index contributed by atoms with van der Waals surface area (Å²) in [6.07, 6.45) is 0.195. The number of carbonyl (C=O) groups is 2. The maximum atomic E-state index is 14.3. The molecule has 2 amide bonds. The van der Waals surface area contributed by atoms with Crippen LogP contribution in [0.1, 0.15) is 16.7 Å². The highest BCUT2D eigenvalue weighted by Crippen LogP contribution is 2.27. The highest BCUT2D eigenvalue weighted by atomic mass is 32.2. The molecule has 43 heavy (non-hydrogen) atoms. The summed E-state index contributed by atoms with van der Waals surface area (Å²) in [6, 6.07) is 28.3. The minimum absolute atomic E-state index is 0.0465. The number of non-ortho nitro benzene ring substituents is 1. The van der Waals surface area contributed by atoms with Crippen molar-refractivity contribution in [2.24, 2.45) is 0 Å². The number of benzene rings is 4. The van der Waals surface area contributed by atoms with Crippen LogP contribution in [0.5, 0.6) is 0 Å². The number of nitrogens with zero attached hydrogens (tertiary/aromatic N) is 3. The zero-order chi connectivity index (χ0) is 31.0. The van der Waals surface area contributed by atoms with Crippen LogP contribution in [0.2, 0.25) is 0 Å². The van der Waals surface area contributed by atoms with E-state index in [1.165, 1.54) is 48.3 Å². The van der Waals surface area contributed by atoms with E-state index < -0.39 is 39.3 Å². The van der Waals surface area contributed by atoms with Crippen LogP contribution in [-0.2, 0) is 32.6 Å². The minimum atomic E-state index is -4.29. The molecule has 0 aliphatic rings. The quantitative estimate of drug-likeness (QED) is 0.189. The van der Waals surface area contributed by atoms with Crippen molar-refractivity contribution in [3.8, 4) is 0 Å². The van der Waals surface area contributed by atoms with Gasteiger partial charge in [0.05, 0.1) is 15.5 Å². The Labute approximate surface area is 250 Å². The van der Waals surface area contributed by atoms with Crippen molar-refractivity contribution in [1.82, 2.24) is 10.2 Å². The maximum Gasteiger partial charge on any atom is 0.269 e. The van der Waals surface area contributed by atoms with Gasteiger partial charge in [-0.15, -0.1) is 0 Å². The largest absolute Gasteiger partial charge is 0.357 e. The van der Waals surface area contributed by atoms with E-state index in [0.717, 1.165) is 21.0 Å². The molecule has 4 rings (SSSR count). The highest BCUT2D eigenvalue weighted by Gasteiger charge is 2.34. The summed E-state index contributed by atoms with van der Waals surface area (Å²) in [7, 11) is -2.81. The van der Waals surface area contributed by atoms with E-state index >= 15 is 0 Å². The number of sulfonamides is 1. The Kier molecular flexibility index (Phi) is 9.89. The zero-order valence-corrected chi connectivity index (χ0v) is 24.6. The lowest BCUT2D eigenvalue weighted by Gasteiger charge is -2.33. The number of nitrogens with one attached hydrogen (secondary N) is 1. The van der Waals surface area contributed by atoms with Crippen molar-refractivity contribution in [2.75, 3.05) is 17.9 Å². The van der Waals surface area contributed by atoms with Crippen LogP contribution in [0.3, 0.4) is 0 Å². The van der Waals surface area contributed by atoms with Gasteiger partial charge in [0.15, 0.2) is 0 Å². The van der Waals surface area contributed by atoms with E-state index in [0.29, 0.717) is 0 Å². The normalized spacial score (nSPS) is 11.8. The van der Waals surface area contributed by atoms with E-state index in [2.05, 4.69) is 5.32 Å². The molecule has 0 bridgehead atoms. The first-order valence-corrected chi connectivity index (χ1v) is 15.0. The fraction of sp³-hybridized carbons (Fsp3) is 0.188. The van der Waals surface area contributed by atoms with Crippen molar-refractivity contribution >= 4 is 33.2 Å². The predicted molar refractivity (Wildman–Crippen MR) is 164 cm³/mol. The monoisotopic (exact) mass is 600 g/mol. The molecular weight excluding hydrogens is 568 g/mol. The van der Waals surface area contributed by atoms with Crippen LogP contribution in [0.15, 0.2) is 114 Å². The Morgan fingerprint density at radius 1 is 0.860 bits per heavy atom. The average Bonchev–Trinajstić information content (AvgIpc) is 3.02. The van der Waals surface area contributed by atoms with Crippen molar-refractivity contribution in [3.05, 3.63) is 136 Å². The molecule has 0 saturated carbocycles. The van der Waals surface area contributed by atoms with Gasteiger partial charge in [-0.05, 0) is 42.3 Å². The number of nitro benzene ring substituents is 1. The third kappa shape index (κ3) is 7.63. The molecule has 0 aromatic heterocycles. The number of aryl methyl sites for hydroxylation is 1. The minimum Gasteiger partial charge on any atom is -0.357 e. The number of likely N-dealkylation sites (N-methyl/N-ethyl adjacent to an activating group) is 1. The summed E-state index contributed by atoms with van der Waals surface area (Å²) in [5, 5.41) is 13.9. The van der Waals surface area contributed by atoms with Gasteiger partial charge in [-0.2, -0.15) is 0 Å². The van der Waals surface area contributed by atoms with Gasteiger partial charge in [0.25, 0.3) is 15.7 Å².